The van der Waals surface area contributed by atoms with Crippen molar-refractivity contribution in [2.75, 3.05) is 32.7 Å². The third kappa shape index (κ3) is 3.05. The number of nitrogens with zero attached hydrogens (tertiary/aromatic N) is 1. The summed E-state index contributed by atoms with van der Waals surface area (Å²) < 4.78 is 0. The molecule has 2 amide bonds. The maximum Gasteiger partial charge on any atom is 0.326 e. The van der Waals surface area contributed by atoms with Crippen LogP contribution in [0.1, 0.15) is 12.8 Å². The predicted octanol–water partition coefficient (Wildman–Crippen LogP) is -2.09. The van der Waals surface area contributed by atoms with Gasteiger partial charge in [0.2, 0.25) is 0 Å². The number of carbonyl (C=O) groups excluding carboxylic acids is 1. The van der Waals surface area contributed by atoms with Crippen molar-refractivity contribution in [3.8, 4) is 0 Å². The minimum Gasteiger partial charge on any atom is -0.351 e. The molecule has 1 rings (SSSR count). The van der Waals surface area contributed by atoms with Gasteiger partial charge in [-0.2, -0.15) is 0 Å². The third-order valence-corrected chi connectivity index (χ3v) is 3.00. The van der Waals surface area contributed by atoms with E-state index in [0.717, 1.165) is 25.9 Å². The Morgan fingerprint density at radius 1 is 1.38 bits per heavy atom. The minimum absolute atomic E-state index is 0.212. The van der Waals surface area contributed by atoms with Gasteiger partial charge >= 0.3 is 6.03 Å². The van der Waals surface area contributed by atoms with E-state index in [0.29, 0.717) is 19.6 Å². The van der Waals surface area contributed by atoms with Crippen LogP contribution in [-0.4, -0.2) is 49.3 Å². The van der Waals surface area contributed by atoms with Crippen LogP contribution in [0.4, 0.5) is 4.79 Å². The highest BCUT2D eigenvalue weighted by molar-refractivity contribution is 5.71. The molecule has 1 heterocycles. The molecule has 0 atom stereocenters. The number of amides is 2. The van der Waals surface area contributed by atoms with E-state index < -0.39 is 6.03 Å². The summed E-state index contributed by atoms with van der Waals surface area (Å²) in [5.74, 6) is 0. The van der Waals surface area contributed by atoms with E-state index >= 15 is 0 Å². The average Bonchev–Trinajstić information content (AvgIpc) is 2.22. The minimum atomic E-state index is -0.541. The summed E-state index contributed by atoms with van der Waals surface area (Å²) in [5.41, 5.74) is 18.9. The Kier molecular flexibility index (Phi) is 4.94. The molecule has 0 aromatic heterocycles. The van der Waals surface area contributed by atoms with Crippen LogP contribution < -0.4 is 27.9 Å². The first kappa shape index (κ1) is 13.2. The van der Waals surface area contributed by atoms with Crippen molar-refractivity contribution in [3.63, 3.8) is 0 Å². The SMILES string of the molecule is NCCC1(CCN)CNCCN1NC(N)=O. The van der Waals surface area contributed by atoms with E-state index in [-0.39, 0.29) is 5.54 Å². The van der Waals surface area contributed by atoms with Gasteiger partial charge in [0.05, 0.1) is 5.54 Å². The zero-order valence-electron chi connectivity index (χ0n) is 9.54. The van der Waals surface area contributed by atoms with Gasteiger partial charge in [0.25, 0.3) is 0 Å². The first-order chi connectivity index (χ1) is 7.64. The Morgan fingerprint density at radius 3 is 2.50 bits per heavy atom. The monoisotopic (exact) mass is 230 g/mol. The summed E-state index contributed by atoms with van der Waals surface area (Å²) in [6, 6.07) is -0.541. The van der Waals surface area contributed by atoms with E-state index in [4.69, 9.17) is 17.2 Å². The van der Waals surface area contributed by atoms with Gasteiger partial charge in [0.1, 0.15) is 0 Å². The zero-order chi connectivity index (χ0) is 12.0. The highest BCUT2D eigenvalue weighted by Gasteiger charge is 2.38. The second kappa shape index (κ2) is 6.00. The fourth-order valence-electron chi connectivity index (χ4n) is 2.26. The second-order valence-electron chi connectivity index (χ2n) is 4.11. The molecule has 7 heteroatoms. The van der Waals surface area contributed by atoms with Crippen molar-refractivity contribution in [3.05, 3.63) is 0 Å². The Labute approximate surface area is 95.7 Å². The number of nitrogens with one attached hydrogen (secondary N) is 2. The Bertz CT molecular complexity index is 223. The molecular weight excluding hydrogens is 208 g/mol. The maximum atomic E-state index is 11.0. The molecule has 0 unspecified atom stereocenters. The quantitative estimate of drug-likeness (QED) is 0.371. The van der Waals surface area contributed by atoms with E-state index in [9.17, 15) is 4.79 Å². The van der Waals surface area contributed by atoms with Crippen molar-refractivity contribution in [1.82, 2.24) is 15.8 Å². The van der Waals surface area contributed by atoms with Crippen molar-refractivity contribution in [2.24, 2.45) is 17.2 Å². The number of hydrogen-bond acceptors (Lipinski definition) is 5. The number of rotatable bonds is 5. The zero-order valence-corrected chi connectivity index (χ0v) is 9.54. The lowest BCUT2D eigenvalue weighted by Crippen LogP contribution is -2.68. The van der Waals surface area contributed by atoms with Gasteiger partial charge in [-0.05, 0) is 25.9 Å². The highest BCUT2D eigenvalue weighted by Crippen LogP contribution is 2.23. The number of hydrazine groups is 1. The smallest absolute Gasteiger partial charge is 0.326 e. The lowest BCUT2D eigenvalue weighted by molar-refractivity contribution is 0.0151. The van der Waals surface area contributed by atoms with Gasteiger partial charge < -0.3 is 22.5 Å². The van der Waals surface area contributed by atoms with Gasteiger partial charge in [-0.3, -0.25) is 5.43 Å². The lowest BCUT2D eigenvalue weighted by atomic mass is 9.88. The molecule has 0 spiro atoms. The fraction of sp³-hybridized carbons (Fsp3) is 0.889. The number of carbonyl (C=O) groups is 1. The molecule has 7 nitrogen and oxygen atoms in total. The molecule has 0 bridgehead atoms. The molecule has 0 aromatic carbocycles. The van der Waals surface area contributed by atoms with Gasteiger partial charge in [0.15, 0.2) is 0 Å². The van der Waals surface area contributed by atoms with E-state index in [2.05, 4.69) is 10.7 Å². The largest absolute Gasteiger partial charge is 0.351 e. The summed E-state index contributed by atoms with van der Waals surface area (Å²) in [6.45, 7) is 3.40. The number of piperazine rings is 1. The average molecular weight is 230 g/mol. The summed E-state index contributed by atoms with van der Waals surface area (Å²) >= 11 is 0. The molecule has 8 N–H and O–H groups in total. The van der Waals surface area contributed by atoms with Crippen molar-refractivity contribution < 1.29 is 4.79 Å². The van der Waals surface area contributed by atoms with Gasteiger partial charge in [-0.25, -0.2) is 9.80 Å². The summed E-state index contributed by atoms with van der Waals surface area (Å²) in [7, 11) is 0. The van der Waals surface area contributed by atoms with Crippen LogP contribution in [0.25, 0.3) is 0 Å². The molecule has 94 valence electrons. The van der Waals surface area contributed by atoms with Crippen LogP contribution in [0.3, 0.4) is 0 Å². The van der Waals surface area contributed by atoms with E-state index in [1.165, 1.54) is 0 Å². The molecule has 16 heavy (non-hydrogen) atoms. The summed E-state index contributed by atoms with van der Waals surface area (Å²) in [4.78, 5) is 11.0. The van der Waals surface area contributed by atoms with E-state index in [1.807, 2.05) is 5.01 Å². The third-order valence-electron chi connectivity index (χ3n) is 3.00. The normalized spacial score (nSPS) is 20.6. The van der Waals surface area contributed by atoms with Gasteiger partial charge in [0, 0.05) is 19.6 Å². The second-order valence-corrected chi connectivity index (χ2v) is 4.11. The molecule has 0 aliphatic carbocycles. The molecule has 1 saturated heterocycles. The first-order valence-corrected chi connectivity index (χ1v) is 5.59. The van der Waals surface area contributed by atoms with Gasteiger partial charge in [-0.1, -0.05) is 0 Å². The Morgan fingerprint density at radius 2 is 2.00 bits per heavy atom. The molecule has 0 saturated carbocycles. The number of hydrogen-bond donors (Lipinski definition) is 5. The Hall–Kier alpha value is -0.890. The summed E-state index contributed by atoms with van der Waals surface area (Å²) in [6.07, 6.45) is 1.55. The van der Waals surface area contributed by atoms with E-state index in [1.54, 1.807) is 0 Å². The number of primary amides is 1. The van der Waals surface area contributed by atoms with Crippen molar-refractivity contribution in [2.45, 2.75) is 18.4 Å². The van der Waals surface area contributed by atoms with Crippen LogP contribution in [0.2, 0.25) is 0 Å². The van der Waals surface area contributed by atoms with Crippen molar-refractivity contribution in [1.29, 1.82) is 0 Å². The van der Waals surface area contributed by atoms with Gasteiger partial charge in [-0.15, -0.1) is 0 Å². The number of urea groups is 1. The maximum absolute atomic E-state index is 11.0. The standard InChI is InChI=1S/C9H22N6O/c10-3-1-9(2-4-11)7-13-5-6-15(9)14-8(12)16/h13H,1-7,10-11H2,(H3,12,14,16). The topological polar surface area (TPSA) is 122 Å². The van der Waals surface area contributed by atoms with Crippen molar-refractivity contribution >= 4 is 6.03 Å². The molecule has 1 aliphatic heterocycles. The molecule has 0 radical (unpaired) electrons. The molecule has 1 aliphatic rings. The first-order valence-electron chi connectivity index (χ1n) is 5.59. The van der Waals surface area contributed by atoms with Crippen LogP contribution in [0, 0.1) is 0 Å². The van der Waals surface area contributed by atoms with Crippen LogP contribution in [0.15, 0.2) is 0 Å². The highest BCUT2D eigenvalue weighted by atomic mass is 16.2. The molecular formula is C9H22N6O. The summed E-state index contributed by atoms with van der Waals surface area (Å²) in [5, 5.41) is 5.18. The molecule has 0 aromatic rings. The lowest BCUT2D eigenvalue weighted by Gasteiger charge is -2.47. The van der Waals surface area contributed by atoms with Crippen LogP contribution in [0.5, 0.6) is 0 Å². The predicted molar refractivity (Wildman–Crippen MR) is 62.4 cm³/mol. The Balaban J connectivity index is 2.76. The fourth-order valence-corrected chi connectivity index (χ4v) is 2.26. The van der Waals surface area contributed by atoms with Crippen LogP contribution >= 0.6 is 0 Å². The number of nitrogens with two attached hydrogens (primary N) is 3. The van der Waals surface area contributed by atoms with Crippen LogP contribution in [-0.2, 0) is 0 Å². The molecule has 1 fully saturated rings.